The summed E-state index contributed by atoms with van der Waals surface area (Å²) in [6.45, 7) is 1.98. The van der Waals surface area contributed by atoms with Gasteiger partial charge in [-0.15, -0.1) is 0 Å². The van der Waals surface area contributed by atoms with Crippen LogP contribution in [0, 0.1) is 5.92 Å². The van der Waals surface area contributed by atoms with Gasteiger partial charge >= 0.3 is 12.1 Å². The van der Waals surface area contributed by atoms with Gasteiger partial charge in [-0.2, -0.15) is 23.3 Å². The number of alkyl halides is 3. The fourth-order valence-corrected chi connectivity index (χ4v) is 3.08. The lowest BCUT2D eigenvalue weighted by molar-refractivity contribution is -0.142. The van der Waals surface area contributed by atoms with Gasteiger partial charge in [-0.1, -0.05) is 0 Å². The Morgan fingerprint density at radius 2 is 1.93 bits per heavy atom. The van der Waals surface area contributed by atoms with E-state index >= 15 is 0 Å². The quantitative estimate of drug-likeness (QED) is 0.744. The molecule has 1 aliphatic heterocycles. The van der Waals surface area contributed by atoms with Gasteiger partial charge in [0.15, 0.2) is 11.5 Å². The van der Waals surface area contributed by atoms with Gasteiger partial charge in [0.2, 0.25) is 17.7 Å². The third-order valence-electron chi connectivity index (χ3n) is 4.57. The van der Waals surface area contributed by atoms with Crippen molar-refractivity contribution in [3.63, 3.8) is 0 Å². The highest BCUT2D eigenvalue weighted by atomic mass is 19.4. The van der Waals surface area contributed by atoms with Crippen LogP contribution in [0.5, 0.6) is 11.8 Å². The Bertz CT molecular complexity index is 953. The molecular formula is C17H19F3N6O4. The van der Waals surface area contributed by atoms with Crippen LogP contribution in [-0.4, -0.2) is 49.8 Å². The number of aliphatic carboxylic acids is 1. The third-order valence-corrected chi connectivity index (χ3v) is 4.57. The molecule has 1 amide bonds. The van der Waals surface area contributed by atoms with Crippen LogP contribution >= 0.6 is 0 Å². The minimum atomic E-state index is -4.65. The molecule has 30 heavy (non-hydrogen) atoms. The van der Waals surface area contributed by atoms with Gasteiger partial charge in [-0.25, -0.2) is 9.67 Å². The fraction of sp³-hybridized carbons (Fsp3) is 0.471. The molecule has 0 aliphatic carbocycles. The van der Waals surface area contributed by atoms with E-state index in [1.165, 1.54) is 14.0 Å². The number of nitrogens with zero attached hydrogens (tertiary/aromatic N) is 5. The van der Waals surface area contributed by atoms with Crippen molar-refractivity contribution >= 4 is 23.4 Å². The number of carbonyl (C=O) groups excluding carboxylic acids is 1. The SMILES string of the molecule is CC(=O)Nc1c(Oc2cc(C(F)(F)F)nn2C)ncnc1N1CCC(C(=O)O)CC1. The van der Waals surface area contributed by atoms with E-state index in [4.69, 9.17) is 9.84 Å². The van der Waals surface area contributed by atoms with Crippen LogP contribution in [0.25, 0.3) is 0 Å². The smallest absolute Gasteiger partial charge is 0.435 e. The number of anilines is 2. The number of hydrogen-bond acceptors (Lipinski definition) is 7. The average Bonchev–Trinajstić information content (AvgIpc) is 3.04. The van der Waals surface area contributed by atoms with Crippen LogP contribution in [-0.2, 0) is 22.8 Å². The molecule has 0 atom stereocenters. The number of ether oxygens (including phenoxy) is 1. The lowest BCUT2D eigenvalue weighted by Crippen LogP contribution is -2.37. The summed E-state index contributed by atoms with van der Waals surface area (Å²) in [6.07, 6.45) is -2.73. The summed E-state index contributed by atoms with van der Waals surface area (Å²) < 4.78 is 45.1. The van der Waals surface area contributed by atoms with Gasteiger partial charge in [0.25, 0.3) is 0 Å². The summed E-state index contributed by atoms with van der Waals surface area (Å²) in [6, 6.07) is 0.720. The van der Waals surface area contributed by atoms with Crippen molar-refractivity contribution < 1.29 is 32.6 Å². The molecule has 3 heterocycles. The molecule has 162 valence electrons. The maximum Gasteiger partial charge on any atom is 0.435 e. The van der Waals surface area contributed by atoms with Gasteiger partial charge in [0.1, 0.15) is 12.0 Å². The molecule has 0 saturated carbocycles. The number of aryl methyl sites for hydroxylation is 1. The number of carboxylic acid groups (broad SMARTS) is 1. The molecule has 2 aromatic heterocycles. The van der Waals surface area contributed by atoms with Crippen molar-refractivity contribution in [3.05, 3.63) is 18.1 Å². The predicted octanol–water partition coefficient (Wildman–Crippen LogP) is 2.28. The Labute approximate surface area is 168 Å². The number of carboxylic acids is 1. The molecule has 0 bridgehead atoms. The second kappa shape index (κ2) is 8.16. The number of carbonyl (C=O) groups is 2. The Kier molecular flexibility index (Phi) is 5.80. The lowest BCUT2D eigenvalue weighted by Gasteiger charge is -2.32. The van der Waals surface area contributed by atoms with Crippen LogP contribution in [0.15, 0.2) is 12.4 Å². The van der Waals surface area contributed by atoms with E-state index in [9.17, 15) is 22.8 Å². The first-order valence-corrected chi connectivity index (χ1v) is 8.95. The number of halogens is 3. The van der Waals surface area contributed by atoms with Gasteiger partial charge < -0.3 is 20.1 Å². The first kappa shape index (κ1) is 21.3. The van der Waals surface area contributed by atoms with Crippen LogP contribution in [0.2, 0.25) is 0 Å². The van der Waals surface area contributed by atoms with Crippen molar-refractivity contribution in [3.8, 4) is 11.8 Å². The number of hydrogen-bond donors (Lipinski definition) is 2. The number of nitrogens with one attached hydrogen (secondary N) is 1. The van der Waals surface area contributed by atoms with Gasteiger partial charge in [0.05, 0.1) is 5.92 Å². The Hall–Kier alpha value is -3.38. The highest BCUT2D eigenvalue weighted by Crippen LogP contribution is 2.37. The summed E-state index contributed by atoms with van der Waals surface area (Å²) in [7, 11) is 1.28. The Morgan fingerprint density at radius 3 is 2.47 bits per heavy atom. The molecule has 0 radical (unpaired) electrons. The average molecular weight is 428 g/mol. The largest absolute Gasteiger partial charge is 0.481 e. The molecule has 0 aromatic carbocycles. The zero-order chi connectivity index (χ0) is 22.1. The molecule has 2 N–H and O–H groups in total. The van der Waals surface area contributed by atoms with E-state index in [1.807, 2.05) is 0 Å². The highest BCUT2D eigenvalue weighted by Gasteiger charge is 2.35. The maximum atomic E-state index is 12.9. The highest BCUT2D eigenvalue weighted by molar-refractivity contribution is 5.93. The molecular weight excluding hydrogens is 409 g/mol. The first-order chi connectivity index (χ1) is 14.1. The zero-order valence-electron chi connectivity index (χ0n) is 16.1. The molecule has 1 fully saturated rings. The maximum absolute atomic E-state index is 12.9. The van der Waals surface area contributed by atoms with Crippen LogP contribution in [0.1, 0.15) is 25.5 Å². The number of amides is 1. The Morgan fingerprint density at radius 1 is 1.27 bits per heavy atom. The summed E-state index contributed by atoms with van der Waals surface area (Å²) in [5, 5.41) is 15.1. The van der Waals surface area contributed by atoms with E-state index in [0.717, 1.165) is 17.1 Å². The van der Waals surface area contributed by atoms with E-state index in [-0.39, 0.29) is 23.3 Å². The second-order valence-electron chi connectivity index (χ2n) is 6.75. The molecule has 0 spiro atoms. The fourth-order valence-electron chi connectivity index (χ4n) is 3.08. The van der Waals surface area contributed by atoms with Crippen molar-refractivity contribution in [1.82, 2.24) is 19.7 Å². The van der Waals surface area contributed by atoms with Crippen LogP contribution in [0.4, 0.5) is 24.7 Å². The van der Waals surface area contributed by atoms with E-state index in [1.54, 1.807) is 4.90 Å². The second-order valence-corrected chi connectivity index (χ2v) is 6.75. The predicted molar refractivity (Wildman–Crippen MR) is 97.2 cm³/mol. The Balaban J connectivity index is 1.92. The minimum Gasteiger partial charge on any atom is -0.481 e. The van der Waals surface area contributed by atoms with Gasteiger partial charge in [0, 0.05) is 33.1 Å². The van der Waals surface area contributed by atoms with E-state index < -0.39 is 29.7 Å². The minimum absolute atomic E-state index is 0.0773. The van der Waals surface area contributed by atoms with Gasteiger partial charge in [-0.05, 0) is 12.8 Å². The van der Waals surface area contributed by atoms with Crippen molar-refractivity contribution in [1.29, 1.82) is 0 Å². The first-order valence-electron chi connectivity index (χ1n) is 8.95. The molecule has 2 aromatic rings. The summed E-state index contributed by atoms with van der Waals surface area (Å²) in [5.41, 5.74) is -1.06. The number of aromatic nitrogens is 4. The summed E-state index contributed by atoms with van der Waals surface area (Å²) in [5.74, 6) is -1.91. The number of rotatable bonds is 5. The van der Waals surface area contributed by atoms with Crippen LogP contribution < -0.4 is 15.0 Å². The molecule has 13 heteroatoms. The summed E-state index contributed by atoms with van der Waals surface area (Å²) in [4.78, 5) is 32.8. The third kappa shape index (κ3) is 4.60. The zero-order valence-corrected chi connectivity index (χ0v) is 16.1. The molecule has 1 aliphatic rings. The number of piperidine rings is 1. The molecule has 3 rings (SSSR count). The summed E-state index contributed by atoms with van der Waals surface area (Å²) >= 11 is 0. The molecule has 0 unspecified atom stereocenters. The van der Waals surface area contributed by atoms with Crippen molar-refractivity contribution in [2.45, 2.75) is 25.9 Å². The lowest BCUT2D eigenvalue weighted by atomic mass is 9.97. The van der Waals surface area contributed by atoms with Gasteiger partial charge in [-0.3, -0.25) is 9.59 Å². The molecule has 10 nitrogen and oxygen atoms in total. The molecule has 1 saturated heterocycles. The van der Waals surface area contributed by atoms with Crippen LogP contribution in [0.3, 0.4) is 0 Å². The van der Waals surface area contributed by atoms with E-state index in [0.29, 0.717) is 25.9 Å². The topological polar surface area (TPSA) is 122 Å². The normalized spacial score (nSPS) is 15.2. The van der Waals surface area contributed by atoms with Crippen molar-refractivity contribution in [2.75, 3.05) is 23.3 Å². The van der Waals surface area contributed by atoms with Crippen molar-refractivity contribution in [2.24, 2.45) is 13.0 Å². The van der Waals surface area contributed by atoms with E-state index in [2.05, 4.69) is 20.4 Å². The standard InChI is InChI=1S/C17H19F3N6O4/c1-9(27)23-13-14(26-5-3-10(4-6-26)16(28)29)21-8-22-15(13)30-12-7-11(17(18,19)20)24-25(12)2/h7-8,10H,3-6H2,1-2H3,(H,23,27)(H,28,29). The monoisotopic (exact) mass is 428 g/mol.